The highest BCUT2D eigenvalue weighted by Crippen LogP contribution is 2.33. The lowest BCUT2D eigenvalue weighted by Gasteiger charge is -2.31. The fourth-order valence-electron chi connectivity index (χ4n) is 3.43. The summed E-state index contributed by atoms with van der Waals surface area (Å²) in [5, 5.41) is 4.08. The smallest absolute Gasteiger partial charge is 0.224 e. The Bertz CT molecular complexity index is 744. The van der Waals surface area contributed by atoms with E-state index in [4.69, 9.17) is 9.72 Å². The summed E-state index contributed by atoms with van der Waals surface area (Å²) in [6, 6.07) is 4.38. The number of carbonyl (C=O) groups is 1. The summed E-state index contributed by atoms with van der Waals surface area (Å²) in [5.41, 5.74) is 3.59. The van der Waals surface area contributed by atoms with Gasteiger partial charge in [0.25, 0.3) is 0 Å². The van der Waals surface area contributed by atoms with Crippen LogP contribution in [0.5, 0.6) is 0 Å². The molecule has 2 aromatic rings. The number of ether oxygens (including phenoxy) is 1. The molecular weight excluding hydrogens is 334 g/mol. The van der Waals surface area contributed by atoms with Gasteiger partial charge in [-0.15, -0.1) is 0 Å². The third-order valence-electron chi connectivity index (χ3n) is 4.71. The number of aromatic nitrogens is 1. The summed E-state index contributed by atoms with van der Waals surface area (Å²) in [4.78, 5) is 19.5. The topological polar surface area (TPSA) is 54.5 Å². The van der Waals surface area contributed by atoms with E-state index in [1.807, 2.05) is 0 Å². The minimum atomic E-state index is 0.0474. The van der Waals surface area contributed by atoms with Gasteiger partial charge in [-0.25, -0.2) is 4.98 Å². The molecule has 1 aromatic carbocycles. The monoisotopic (exact) mass is 361 g/mol. The van der Waals surface area contributed by atoms with Crippen LogP contribution < -0.4 is 10.2 Å². The zero-order valence-electron chi connectivity index (χ0n) is 15.3. The number of hydrogen-bond donors (Lipinski definition) is 1. The molecule has 0 radical (unpaired) electrons. The number of nitrogens with one attached hydrogen (secondary N) is 1. The van der Waals surface area contributed by atoms with E-state index >= 15 is 0 Å². The van der Waals surface area contributed by atoms with Crippen LogP contribution in [-0.2, 0) is 9.53 Å². The molecule has 0 unspecified atom stereocenters. The minimum Gasteiger partial charge on any atom is -0.385 e. The minimum absolute atomic E-state index is 0.0474. The molecule has 6 heteroatoms. The average Bonchev–Trinajstić information content (AvgIpc) is 3.03. The van der Waals surface area contributed by atoms with E-state index in [1.165, 1.54) is 15.8 Å². The molecule has 1 amide bonds. The van der Waals surface area contributed by atoms with Gasteiger partial charge in [0.2, 0.25) is 5.91 Å². The maximum Gasteiger partial charge on any atom is 0.224 e. The second-order valence-corrected chi connectivity index (χ2v) is 7.86. The Labute approximate surface area is 153 Å². The first kappa shape index (κ1) is 18.1. The lowest BCUT2D eigenvalue weighted by Crippen LogP contribution is -2.43. The quantitative estimate of drug-likeness (QED) is 0.802. The molecule has 1 saturated heterocycles. The number of nitrogens with zero attached hydrogens (tertiary/aromatic N) is 2. The van der Waals surface area contributed by atoms with Crippen molar-refractivity contribution in [2.45, 2.75) is 33.1 Å². The third-order valence-corrected chi connectivity index (χ3v) is 5.77. The number of hydrogen-bond acceptors (Lipinski definition) is 5. The summed E-state index contributed by atoms with van der Waals surface area (Å²) in [6.07, 6.45) is 2.84. The number of fused-ring (bicyclic) bond motifs is 1. The third kappa shape index (κ3) is 4.30. The largest absolute Gasteiger partial charge is 0.385 e. The second kappa shape index (κ2) is 8.15. The molecular formula is C19H27N3O2S. The zero-order valence-corrected chi connectivity index (χ0v) is 16.1. The van der Waals surface area contributed by atoms with Crippen molar-refractivity contribution in [3.63, 3.8) is 0 Å². The Morgan fingerprint density at radius 2 is 2.28 bits per heavy atom. The first-order valence-electron chi connectivity index (χ1n) is 8.98. The summed E-state index contributed by atoms with van der Waals surface area (Å²) in [6.45, 7) is 7.34. The van der Waals surface area contributed by atoms with Crippen molar-refractivity contribution < 1.29 is 9.53 Å². The number of carbonyl (C=O) groups excluding carboxylic acids is 1. The fraction of sp³-hybridized carbons (Fsp3) is 0.579. The second-order valence-electron chi connectivity index (χ2n) is 6.85. The standard InChI is InChI=1S/C19H27N3O2S/c1-13-10-14(2)17-16(11-13)25-19(21-17)22-8-4-6-15(12-22)18(23)20-7-5-9-24-3/h10-11,15H,4-9,12H2,1-3H3,(H,20,23)/t15-/m0/s1. The molecule has 136 valence electrons. The highest BCUT2D eigenvalue weighted by atomic mass is 32.1. The molecule has 0 bridgehead atoms. The predicted octanol–water partition coefficient (Wildman–Crippen LogP) is 3.28. The van der Waals surface area contributed by atoms with Crippen LogP contribution in [0.4, 0.5) is 5.13 Å². The van der Waals surface area contributed by atoms with Crippen molar-refractivity contribution in [3.05, 3.63) is 23.3 Å². The first-order chi connectivity index (χ1) is 12.1. The molecule has 1 aliphatic rings. The molecule has 1 fully saturated rings. The maximum absolute atomic E-state index is 12.4. The van der Waals surface area contributed by atoms with Gasteiger partial charge in [0.15, 0.2) is 5.13 Å². The van der Waals surface area contributed by atoms with Gasteiger partial charge in [-0.3, -0.25) is 4.79 Å². The maximum atomic E-state index is 12.4. The van der Waals surface area contributed by atoms with E-state index in [0.717, 1.165) is 43.0 Å². The van der Waals surface area contributed by atoms with Gasteiger partial charge in [-0.05, 0) is 50.3 Å². The van der Waals surface area contributed by atoms with Crippen LogP contribution in [0.3, 0.4) is 0 Å². The van der Waals surface area contributed by atoms with Crippen molar-refractivity contribution in [2.75, 3.05) is 38.3 Å². The number of amides is 1. The molecule has 1 N–H and O–H groups in total. The fourth-order valence-corrected chi connectivity index (χ4v) is 4.61. The highest BCUT2D eigenvalue weighted by Gasteiger charge is 2.27. The Balaban J connectivity index is 1.67. The summed E-state index contributed by atoms with van der Waals surface area (Å²) in [5.74, 6) is 0.208. The van der Waals surface area contributed by atoms with Crippen molar-refractivity contribution in [1.29, 1.82) is 0 Å². The summed E-state index contributed by atoms with van der Waals surface area (Å²) < 4.78 is 6.26. The van der Waals surface area contributed by atoms with Crippen molar-refractivity contribution in [3.8, 4) is 0 Å². The van der Waals surface area contributed by atoms with Crippen LogP contribution in [0, 0.1) is 19.8 Å². The van der Waals surface area contributed by atoms with Crippen LogP contribution in [0.1, 0.15) is 30.4 Å². The Hall–Kier alpha value is -1.66. The van der Waals surface area contributed by atoms with Gasteiger partial charge in [-0.1, -0.05) is 17.4 Å². The Kier molecular flexibility index (Phi) is 5.91. The van der Waals surface area contributed by atoms with Gasteiger partial charge in [0.05, 0.1) is 16.1 Å². The van der Waals surface area contributed by atoms with E-state index < -0.39 is 0 Å². The number of aryl methyl sites for hydroxylation is 2. The van der Waals surface area contributed by atoms with Crippen molar-refractivity contribution >= 4 is 32.6 Å². The van der Waals surface area contributed by atoms with E-state index in [-0.39, 0.29) is 11.8 Å². The van der Waals surface area contributed by atoms with Crippen LogP contribution in [-0.4, -0.2) is 44.2 Å². The molecule has 0 spiro atoms. The van der Waals surface area contributed by atoms with Crippen molar-refractivity contribution in [1.82, 2.24) is 10.3 Å². The van der Waals surface area contributed by atoms with Crippen LogP contribution in [0.15, 0.2) is 12.1 Å². The molecule has 3 rings (SSSR count). The van der Waals surface area contributed by atoms with Crippen LogP contribution in [0.2, 0.25) is 0 Å². The van der Waals surface area contributed by atoms with E-state index in [2.05, 4.69) is 36.2 Å². The molecule has 2 heterocycles. The van der Waals surface area contributed by atoms with E-state index in [0.29, 0.717) is 13.2 Å². The van der Waals surface area contributed by atoms with Gasteiger partial charge < -0.3 is 15.0 Å². The molecule has 25 heavy (non-hydrogen) atoms. The average molecular weight is 362 g/mol. The van der Waals surface area contributed by atoms with Crippen LogP contribution in [0.25, 0.3) is 10.2 Å². The van der Waals surface area contributed by atoms with Crippen LogP contribution >= 0.6 is 11.3 Å². The number of anilines is 1. The molecule has 1 aromatic heterocycles. The number of thiazole rings is 1. The van der Waals surface area contributed by atoms with Gasteiger partial charge in [0.1, 0.15) is 0 Å². The molecule has 5 nitrogen and oxygen atoms in total. The number of rotatable bonds is 6. The zero-order chi connectivity index (χ0) is 17.8. The lowest BCUT2D eigenvalue weighted by molar-refractivity contribution is -0.125. The lowest BCUT2D eigenvalue weighted by atomic mass is 9.97. The number of methoxy groups -OCH3 is 1. The highest BCUT2D eigenvalue weighted by molar-refractivity contribution is 7.22. The Morgan fingerprint density at radius 3 is 3.08 bits per heavy atom. The summed E-state index contributed by atoms with van der Waals surface area (Å²) >= 11 is 1.74. The van der Waals surface area contributed by atoms with Gasteiger partial charge in [0, 0.05) is 33.4 Å². The Morgan fingerprint density at radius 1 is 1.44 bits per heavy atom. The first-order valence-corrected chi connectivity index (χ1v) is 9.79. The SMILES string of the molecule is COCCCNC(=O)[C@H]1CCCN(c2nc3c(C)cc(C)cc3s2)C1. The predicted molar refractivity (Wildman–Crippen MR) is 104 cm³/mol. The molecule has 1 atom stereocenters. The summed E-state index contributed by atoms with van der Waals surface area (Å²) in [7, 11) is 1.68. The van der Waals surface area contributed by atoms with Crippen molar-refractivity contribution in [2.24, 2.45) is 5.92 Å². The number of piperidine rings is 1. The molecule has 0 aliphatic carbocycles. The van der Waals surface area contributed by atoms with E-state index in [1.54, 1.807) is 18.4 Å². The van der Waals surface area contributed by atoms with E-state index in [9.17, 15) is 4.79 Å². The normalized spacial score (nSPS) is 17.9. The molecule has 1 aliphatic heterocycles. The van der Waals surface area contributed by atoms with Gasteiger partial charge >= 0.3 is 0 Å². The van der Waals surface area contributed by atoms with Gasteiger partial charge in [-0.2, -0.15) is 0 Å². The molecule has 0 saturated carbocycles. The number of benzene rings is 1.